The molecule has 1 saturated heterocycles. The van der Waals surface area contributed by atoms with Crippen molar-refractivity contribution in [2.45, 2.75) is 39.0 Å². The average Bonchev–Trinajstić information content (AvgIpc) is 3.23. The Balaban J connectivity index is 1.39. The maximum Gasteiger partial charge on any atom is 0.261 e. The van der Waals surface area contributed by atoms with E-state index >= 15 is 0 Å². The lowest BCUT2D eigenvalue weighted by molar-refractivity contribution is -0.130. The van der Waals surface area contributed by atoms with Gasteiger partial charge in [0.25, 0.3) is 5.91 Å². The highest BCUT2D eigenvalue weighted by molar-refractivity contribution is 7.20. The Kier molecular flexibility index (Phi) is 6.39. The van der Waals surface area contributed by atoms with Gasteiger partial charge in [0.1, 0.15) is 4.83 Å². The predicted octanol–water partition coefficient (Wildman–Crippen LogP) is 4.57. The molecule has 158 valence electrons. The number of likely N-dealkylation sites (tertiary alicyclic amines) is 1. The summed E-state index contributed by atoms with van der Waals surface area (Å²) in [5, 5.41) is 9.25. The molecule has 2 aromatic heterocycles. The molecule has 4 rings (SSSR count). The summed E-state index contributed by atoms with van der Waals surface area (Å²) in [6, 6.07) is 9.39. The number of halogens is 1. The van der Waals surface area contributed by atoms with E-state index < -0.39 is 0 Å². The Morgan fingerprint density at radius 1 is 1.23 bits per heavy atom. The summed E-state index contributed by atoms with van der Waals surface area (Å²) < 4.78 is 1.85. The zero-order chi connectivity index (χ0) is 21.1. The number of thiophene rings is 1. The summed E-state index contributed by atoms with van der Waals surface area (Å²) in [5.41, 5.74) is 1.79. The van der Waals surface area contributed by atoms with E-state index in [1.807, 2.05) is 46.8 Å². The maximum atomic E-state index is 12.7. The zero-order valence-electron chi connectivity index (χ0n) is 17.0. The number of aromatic nitrogens is 2. The Morgan fingerprint density at radius 2 is 2.03 bits per heavy atom. The third-order valence-electron chi connectivity index (χ3n) is 5.40. The number of aryl methyl sites for hydroxylation is 1. The van der Waals surface area contributed by atoms with Crippen LogP contribution in [0.4, 0.5) is 0 Å². The third kappa shape index (κ3) is 4.52. The van der Waals surface area contributed by atoms with Crippen molar-refractivity contribution in [1.29, 1.82) is 0 Å². The number of fused-ring (bicyclic) bond motifs is 1. The van der Waals surface area contributed by atoms with E-state index in [4.69, 9.17) is 11.6 Å². The number of carbonyl (C=O) groups is 2. The second kappa shape index (κ2) is 9.18. The fraction of sp³-hybridized carbons (Fsp3) is 0.409. The number of hydrogen-bond donors (Lipinski definition) is 1. The predicted molar refractivity (Wildman–Crippen MR) is 121 cm³/mol. The van der Waals surface area contributed by atoms with Gasteiger partial charge in [-0.3, -0.25) is 9.59 Å². The fourth-order valence-electron chi connectivity index (χ4n) is 3.75. The summed E-state index contributed by atoms with van der Waals surface area (Å²) in [4.78, 5) is 28.3. The first-order valence-electron chi connectivity index (χ1n) is 10.3. The van der Waals surface area contributed by atoms with E-state index in [1.54, 1.807) is 0 Å². The summed E-state index contributed by atoms with van der Waals surface area (Å²) in [6.45, 7) is 4.04. The molecule has 0 radical (unpaired) electrons. The van der Waals surface area contributed by atoms with Gasteiger partial charge < -0.3 is 10.2 Å². The number of amides is 2. The molecule has 0 atom stereocenters. The molecule has 0 bridgehead atoms. The minimum Gasteiger partial charge on any atom is -0.351 e. The van der Waals surface area contributed by atoms with Crippen LogP contribution in [0.2, 0.25) is 5.02 Å². The molecule has 0 aliphatic carbocycles. The van der Waals surface area contributed by atoms with Crippen molar-refractivity contribution in [2.24, 2.45) is 0 Å². The molecule has 1 aliphatic rings. The summed E-state index contributed by atoms with van der Waals surface area (Å²) >= 11 is 7.42. The molecule has 6 nitrogen and oxygen atoms in total. The molecule has 0 unspecified atom stereocenters. The van der Waals surface area contributed by atoms with Crippen molar-refractivity contribution < 1.29 is 9.59 Å². The molecule has 3 heterocycles. The molecular formula is C22H25ClN4O2S. The van der Waals surface area contributed by atoms with E-state index in [1.165, 1.54) is 11.3 Å². The highest BCUT2D eigenvalue weighted by Gasteiger charge is 2.18. The van der Waals surface area contributed by atoms with E-state index in [-0.39, 0.29) is 11.8 Å². The fourth-order valence-corrected chi connectivity index (χ4v) is 4.98. The normalized spacial score (nSPS) is 14.9. The molecule has 1 aliphatic heterocycles. The topological polar surface area (TPSA) is 67.2 Å². The third-order valence-corrected chi connectivity index (χ3v) is 6.76. The molecule has 1 fully saturated rings. The van der Waals surface area contributed by atoms with Gasteiger partial charge in [0, 0.05) is 36.5 Å². The highest BCUT2D eigenvalue weighted by atomic mass is 35.5. The lowest BCUT2D eigenvalue weighted by Gasteiger charge is -2.20. The van der Waals surface area contributed by atoms with Crippen LogP contribution in [0.5, 0.6) is 0 Å². The van der Waals surface area contributed by atoms with Crippen molar-refractivity contribution in [3.63, 3.8) is 0 Å². The Hall–Kier alpha value is -2.38. The van der Waals surface area contributed by atoms with Gasteiger partial charge in [0.15, 0.2) is 0 Å². The molecule has 2 amide bonds. The van der Waals surface area contributed by atoms with Gasteiger partial charge in [0.05, 0.1) is 16.3 Å². The second-order valence-electron chi connectivity index (χ2n) is 7.60. The van der Waals surface area contributed by atoms with Gasteiger partial charge in [-0.2, -0.15) is 5.10 Å². The van der Waals surface area contributed by atoms with Crippen LogP contribution in [0, 0.1) is 6.92 Å². The lowest BCUT2D eigenvalue weighted by Crippen LogP contribution is -2.33. The van der Waals surface area contributed by atoms with Gasteiger partial charge in [0.2, 0.25) is 5.91 Å². The summed E-state index contributed by atoms with van der Waals surface area (Å²) in [7, 11) is 0. The molecule has 1 N–H and O–H groups in total. The van der Waals surface area contributed by atoms with Crippen LogP contribution in [-0.4, -0.2) is 46.1 Å². The van der Waals surface area contributed by atoms with Crippen LogP contribution in [0.3, 0.4) is 0 Å². The number of nitrogens with one attached hydrogen (secondary N) is 1. The molecule has 30 heavy (non-hydrogen) atoms. The Morgan fingerprint density at radius 3 is 2.83 bits per heavy atom. The van der Waals surface area contributed by atoms with Crippen molar-refractivity contribution in [3.05, 3.63) is 45.9 Å². The average molecular weight is 445 g/mol. The van der Waals surface area contributed by atoms with E-state index in [9.17, 15) is 9.59 Å². The molecular weight excluding hydrogens is 420 g/mol. The van der Waals surface area contributed by atoms with Crippen LogP contribution in [0.1, 0.15) is 47.5 Å². The van der Waals surface area contributed by atoms with Crippen LogP contribution in [0.15, 0.2) is 30.3 Å². The summed E-state index contributed by atoms with van der Waals surface area (Å²) in [5.74, 6) is 0.158. The number of nitrogens with zero attached hydrogens (tertiary/aromatic N) is 3. The SMILES string of the molecule is Cc1nn(-c2ccc(Cl)cc2)c2sc(C(=O)NCCCN3CCCCCC3=O)cc12. The quantitative estimate of drug-likeness (QED) is 0.566. The first kappa shape index (κ1) is 20.9. The van der Waals surface area contributed by atoms with Crippen LogP contribution < -0.4 is 5.32 Å². The van der Waals surface area contributed by atoms with Crippen molar-refractivity contribution in [2.75, 3.05) is 19.6 Å². The number of carbonyl (C=O) groups excluding carboxylic acids is 2. The molecule has 0 saturated carbocycles. The second-order valence-corrected chi connectivity index (χ2v) is 9.07. The molecule has 1 aromatic carbocycles. The maximum absolute atomic E-state index is 12.7. The van der Waals surface area contributed by atoms with Gasteiger partial charge in [-0.15, -0.1) is 11.3 Å². The minimum absolute atomic E-state index is 0.0829. The highest BCUT2D eigenvalue weighted by Crippen LogP contribution is 2.30. The van der Waals surface area contributed by atoms with E-state index in [0.29, 0.717) is 29.4 Å². The monoisotopic (exact) mass is 444 g/mol. The van der Waals surface area contributed by atoms with Crippen molar-refractivity contribution in [1.82, 2.24) is 20.0 Å². The van der Waals surface area contributed by atoms with Gasteiger partial charge >= 0.3 is 0 Å². The molecule has 0 spiro atoms. The van der Waals surface area contributed by atoms with Crippen molar-refractivity contribution in [3.8, 4) is 5.69 Å². The van der Waals surface area contributed by atoms with Gasteiger partial charge in [-0.25, -0.2) is 4.68 Å². The largest absolute Gasteiger partial charge is 0.351 e. The van der Waals surface area contributed by atoms with Crippen molar-refractivity contribution >= 4 is 45.0 Å². The number of rotatable bonds is 6. The van der Waals surface area contributed by atoms with E-state index in [2.05, 4.69) is 10.4 Å². The minimum atomic E-state index is -0.0829. The zero-order valence-corrected chi connectivity index (χ0v) is 18.6. The number of hydrogen-bond acceptors (Lipinski definition) is 4. The van der Waals surface area contributed by atoms with E-state index in [0.717, 1.165) is 53.8 Å². The smallest absolute Gasteiger partial charge is 0.261 e. The first-order valence-corrected chi connectivity index (χ1v) is 11.5. The lowest BCUT2D eigenvalue weighted by atomic mass is 10.2. The van der Waals surface area contributed by atoms with Crippen LogP contribution in [0.25, 0.3) is 15.9 Å². The molecule has 8 heteroatoms. The number of benzene rings is 1. The Bertz CT molecular complexity index is 1060. The molecule has 3 aromatic rings. The standard InChI is InChI=1S/C22H25ClN4O2S/c1-15-18-14-19(30-22(18)27(25-15)17-9-7-16(23)8-10-17)21(29)24-11-5-13-26-12-4-2-3-6-20(26)28/h7-10,14H,2-6,11-13H2,1H3,(H,24,29). The van der Waals surface area contributed by atoms with Gasteiger partial charge in [-0.1, -0.05) is 18.0 Å². The van der Waals surface area contributed by atoms with Gasteiger partial charge in [-0.05, 0) is 56.5 Å². The summed E-state index contributed by atoms with van der Waals surface area (Å²) in [6.07, 6.45) is 4.60. The van der Waals surface area contributed by atoms with Crippen LogP contribution >= 0.6 is 22.9 Å². The first-order chi connectivity index (χ1) is 14.5. The van der Waals surface area contributed by atoms with Crippen LogP contribution in [-0.2, 0) is 4.79 Å². The Labute approximate surface area is 184 Å².